The van der Waals surface area contributed by atoms with E-state index in [2.05, 4.69) is 28.1 Å². The topological polar surface area (TPSA) is 35.2 Å². The predicted molar refractivity (Wildman–Crippen MR) is 58.4 cm³/mol. The maximum absolute atomic E-state index is 6.21. The molecule has 74 valence electrons. The van der Waals surface area contributed by atoms with Gasteiger partial charge in [0.2, 0.25) is 0 Å². The van der Waals surface area contributed by atoms with Crippen molar-refractivity contribution >= 4 is 15.9 Å². The molecule has 2 nitrogen and oxygen atoms in total. The first-order valence-electron chi connectivity index (χ1n) is 4.94. The number of fused-ring (bicyclic) bond motifs is 1. The number of rotatable bonds is 1. The normalized spacial score (nSPS) is 21.6. The molecule has 2 aliphatic rings. The second-order valence-electron chi connectivity index (χ2n) is 4.20. The molecule has 0 bridgehead atoms. The molecule has 0 spiro atoms. The third kappa shape index (κ3) is 1.19. The van der Waals surface area contributed by atoms with Gasteiger partial charge in [-0.25, -0.2) is 0 Å². The molecule has 2 N–H and O–H groups in total. The minimum Gasteiger partial charge on any atom is -0.493 e. The summed E-state index contributed by atoms with van der Waals surface area (Å²) in [6.07, 6.45) is 3.18. The maximum Gasteiger partial charge on any atom is 0.127 e. The van der Waals surface area contributed by atoms with Crippen LogP contribution in [-0.2, 0) is 12.0 Å². The molecule has 1 aliphatic heterocycles. The van der Waals surface area contributed by atoms with Crippen molar-refractivity contribution in [3.05, 3.63) is 27.7 Å². The van der Waals surface area contributed by atoms with Crippen LogP contribution in [0.2, 0.25) is 0 Å². The SMILES string of the molecule is NC1(c2cc(Br)cc3c2OCC3)CC1. The summed E-state index contributed by atoms with van der Waals surface area (Å²) >= 11 is 3.52. The van der Waals surface area contributed by atoms with Crippen LogP contribution >= 0.6 is 15.9 Å². The molecule has 1 aromatic rings. The molecule has 0 radical (unpaired) electrons. The number of hydrogen-bond donors (Lipinski definition) is 1. The number of halogens is 1. The Kier molecular flexibility index (Phi) is 1.71. The largest absolute Gasteiger partial charge is 0.493 e. The highest BCUT2D eigenvalue weighted by atomic mass is 79.9. The van der Waals surface area contributed by atoms with Crippen LogP contribution in [0, 0.1) is 0 Å². The fourth-order valence-electron chi connectivity index (χ4n) is 2.04. The molecule has 3 rings (SSSR count). The van der Waals surface area contributed by atoms with Gasteiger partial charge in [0.05, 0.1) is 6.61 Å². The van der Waals surface area contributed by atoms with Crippen molar-refractivity contribution < 1.29 is 4.74 Å². The van der Waals surface area contributed by atoms with Gasteiger partial charge in [0, 0.05) is 22.0 Å². The molecule has 1 saturated carbocycles. The summed E-state index contributed by atoms with van der Waals surface area (Å²) in [5.41, 5.74) is 8.60. The van der Waals surface area contributed by atoms with E-state index in [-0.39, 0.29) is 5.54 Å². The molecule has 1 heterocycles. The summed E-state index contributed by atoms with van der Waals surface area (Å²) < 4.78 is 6.77. The predicted octanol–water partition coefficient (Wildman–Crippen LogP) is 2.33. The fraction of sp³-hybridized carbons (Fsp3) is 0.455. The minimum absolute atomic E-state index is 0.0990. The highest BCUT2D eigenvalue weighted by molar-refractivity contribution is 9.10. The fourth-order valence-corrected chi connectivity index (χ4v) is 2.55. The lowest BCUT2D eigenvalue weighted by Gasteiger charge is -2.14. The second kappa shape index (κ2) is 2.74. The molecule has 0 saturated heterocycles. The Morgan fingerprint density at radius 2 is 2.14 bits per heavy atom. The maximum atomic E-state index is 6.21. The Morgan fingerprint density at radius 1 is 1.36 bits per heavy atom. The van der Waals surface area contributed by atoms with Crippen molar-refractivity contribution in [2.24, 2.45) is 5.73 Å². The van der Waals surface area contributed by atoms with Gasteiger partial charge in [0.25, 0.3) is 0 Å². The molecule has 0 aromatic heterocycles. The van der Waals surface area contributed by atoms with Crippen LogP contribution < -0.4 is 10.5 Å². The van der Waals surface area contributed by atoms with E-state index in [0.717, 1.165) is 36.1 Å². The number of hydrogen-bond acceptors (Lipinski definition) is 2. The molecule has 1 fully saturated rings. The van der Waals surface area contributed by atoms with E-state index in [1.165, 1.54) is 11.1 Å². The van der Waals surface area contributed by atoms with Crippen LogP contribution in [0.1, 0.15) is 24.0 Å². The van der Waals surface area contributed by atoms with Gasteiger partial charge in [0.1, 0.15) is 5.75 Å². The van der Waals surface area contributed by atoms with Crippen molar-refractivity contribution in [1.29, 1.82) is 0 Å². The Morgan fingerprint density at radius 3 is 2.86 bits per heavy atom. The summed E-state index contributed by atoms with van der Waals surface area (Å²) in [6, 6.07) is 4.24. The smallest absolute Gasteiger partial charge is 0.127 e. The van der Waals surface area contributed by atoms with Gasteiger partial charge in [-0.15, -0.1) is 0 Å². The lowest BCUT2D eigenvalue weighted by molar-refractivity contribution is 0.350. The van der Waals surface area contributed by atoms with Crippen molar-refractivity contribution in [2.75, 3.05) is 6.61 Å². The molecule has 0 amide bonds. The molecule has 1 aliphatic carbocycles. The zero-order chi connectivity index (χ0) is 9.76. The molecular formula is C11H12BrNO. The van der Waals surface area contributed by atoms with Gasteiger partial charge in [-0.1, -0.05) is 15.9 Å². The van der Waals surface area contributed by atoms with E-state index in [0.29, 0.717) is 0 Å². The van der Waals surface area contributed by atoms with E-state index in [1.807, 2.05) is 0 Å². The zero-order valence-corrected chi connectivity index (χ0v) is 9.43. The average molecular weight is 254 g/mol. The van der Waals surface area contributed by atoms with Gasteiger partial charge in [-0.3, -0.25) is 0 Å². The Bertz CT molecular complexity index is 399. The summed E-state index contributed by atoms with van der Waals surface area (Å²) in [6.45, 7) is 0.800. The van der Waals surface area contributed by atoms with Gasteiger partial charge in [-0.05, 0) is 30.5 Å². The van der Waals surface area contributed by atoms with Crippen molar-refractivity contribution in [2.45, 2.75) is 24.8 Å². The van der Waals surface area contributed by atoms with Crippen LogP contribution in [0.15, 0.2) is 16.6 Å². The van der Waals surface area contributed by atoms with E-state index in [4.69, 9.17) is 10.5 Å². The quantitative estimate of drug-likeness (QED) is 0.834. The van der Waals surface area contributed by atoms with E-state index < -0.39 is 0 Å². The zero-order valence-electron chi connectivity index (χ0n) is 7.85. The average Bonchev–Trinajstić information content (AvgIpc) is 2.74. The van der Waals surface area contributed by atoms with Crippen LogP contribution in [-0.4, -0.2) is 6.61 Å². The first-order chi connectivity index (χ1) is 6.69. The van der Waals surface area contributed by atoms with Crippen LogP contribution in [0.25, 0.3) is 0 Å². The lowest BCUT2D eigenvalue weighted by atomic mass is 10.0. The summed E-state index contributed by atoms with van der Waals surface area (Å²) in [4.78, 5) is 0. The molecule has 14 heavy (non-hydrogen) atoms. The number of benzene rings is 1. The van der Waals surface area contributed by atoms with Gasteiger partial charge in [0.15, 0.2) is 0 Å². The molecule has 0 unspecified atom stereocenters. The molecular weight excluding hydrogens is 242 g/mol. The Hall–Kier alpha value is -0.540. The highest BCUT2D eigenvalue weighted by Crippen LogP contribution is 2.49. The summed E-state index contributed by atoms with van der Waals surface area (Å²) in [5, 5.41) is 0. The summed E-state index contributed by atoms with van der Waals surface area (Å²) in [5.74, 6) is 1.05. The van der Waals surface area contributed by atoms with E-state index in [1.54, 1.807) is 0 Å². The molecule has 0 atom stereocenters. The second-order valence-corrected chi connectivity index (χ2v) is 5.11. The molecule has 3 heteroatoms. The van der Waals surface area contributed by atoms with E-state index in [9.17, 15) is 0 Å². The highest BCUT2D eigenvalue weighted by Gasteiger charge is 2.43. The Balaban J connectivity index is 2.19. The standard InChI is InChI=1S/C11H12BrNO/c12-8-5-7-1-4-14-10(7)9(6-8)11(13)2-3-11/h5-6H,1-4,13H2. The van der Waals surface area contributed by atoms with Crippen molar-refractivity contribution in [1.82, 2.24) is 0 Å². The number of nitrogens with two attached hydrogens (primary N) is 1. The van der Waals surface area contributed by atoms with Gasteiger partial charge in [-0.2, -0.15) is 0 Å². The van der Waals surface area contributed by atoms with Crippen LogP contribution in [0.3, 0.4) is 0 Å². The Labute approximate surface area is 91.6 Å². The first kappa shape index (κ1) is 8.74. The monoisotopic (exact) mass is 253 g/mol. The minimum atomic E-state index is -0.0990. The van der Waals surface area contributed by atoms with Crippen molar-refractivity contribution in [3.63, 3.8) is 0 Å². The number of ether oxygens (including phenoxy) is 1. The van der Waals surface area contributed by atoms with Gasteiger partial charge < -0.3 is 10.5 Å². The van der Waals surface area contributed by atoms with E-state index >= 15 is 0 Å². The first-order valence-corrected chi connectivity index (χ1v) is 5.73. The summed E-state index contributed by atoms with van der Waals surface area (Å²) in [7, 11) is 0. The van der Waals surface area contributed by atoms with Crippen molar-refractivity contribution in [3.8, 4) is 5.75 Å². The third-order valence-corrected chi connectivity index (χ3v) is 3.53. The van der Waals surface area contributed by atoms with Crippen LogP contribution in [0.4, 0.5) is 0 Å². The molecule has 1 aromatic carbocycles. The van der Waals surface area contributed by atoms with Crippen LogP contribution in [0.5, 0.6) is 5.75 Å². The van der Waals surface area contributed by atoms with Gasteiger partial charge >= 0.3 is 0 Å². The lowest BCUT2D eigenvalue weighted by Crippen LogP contribution is -2.19. The third-order valence-electron chi connectivity index (χ3n) is 3.07.